The fourth-order valence-electron chi connectivity index (χ4n) is 5.67. The number of ether oxygens (including phenoxy) is 3. The minimum absolute atomic E-state index is 0.0884. The molecule has 2 aliphatic rings. The Morgan fingerprint density at radius 2 is 1.95 bits per heavy atom. The van der Waals surface area contributed by atoms with E-state index in [1.54, 1.807) is 13.4 Å². The standard InChI is InChI=1S/C33H47FN4O5/c1-22-7-9-27(39)20-31(40)43-33(23(2)8-10-30(22)42-25(4)37-13-11-36(5)12-14-37)24(3)17-26-18-28(34)32-29(19-26)38(21-35-32)15-16-41-6/h8,10,17-19,21-23,27,30,33,39H,4,7,9,11-16,20H2,1-3,5-6H3/b10-8+,24-17+/t22?,23?,27?,30-,33-/m0/s1. The van der Waals surface area contributed by atoms with Crippen LogP contribution in [0.5, 0.6) is 0 Å². The number of aromatic nitrogens is 2. The number of fused-ring (bicyclic) bond motifs is 1. The molecule has 2 aromatic rings. The third-order valence-electron chi connectivity index (χ3n) is 8.47. The Morgan fingerprint density at radius 3 is 2.67 bits per heavy atom. The quantitative estimate of drug-likeness (QED) is 0.268. The number of piperazine rings is 1. The van der Waals surface area contributed by atoms with Crippen molar-refractivity contribution in [2.75, 3.05) is 46.9 Å². The van der Waals surface area contributed by atoms with E-state index in [0.717, 1.165) is 31.8 Å². The molecule has 0 amide bonds. The second kappa shape index (κ2) is 15.0. The third kappa shape index (κ3) is 8.68. The average Bonchev–Trinajstić information content (AvgIpc) is 3.38. The Morgan fingerprint density at radius 1 is 1.21 bits per heavy atom. The van der Waals surface area contributed by atoms with Crippen LogP contribution in [0.4, 0.5) is 4.39 Å². The summed E-state index contributed by atoms with van der Waals surface area (Å²) in [5.41, 5.74) is 2.36. The second-order valence-corrected chi connectivity index (χ2v) is 12.0. The number of likely N-dealkylation sites (N-methyl/N-ethyl adjacent to an activating group) is 1. The van der Waals surface area contributed by atoms with Crippen LogP contribution >= 0.6 is 0 Å². The molecule has 236 valence electrons. The molecule has 5 atom stereocenters. The van der Waals surface area contributed by atoms with Gasteiger partial charge in [-0.1, -0.05) is 26.0 Å². The van der Waals surface area contributed by atoms with Crippen LogP contribution in [0.1, 0.15) is 45.6 Å². The number of hydrogen-bond acceptors (Lipinski definition) is 8. The first-order valence-corrected chi connectivity index (χ1v) is 15.2. The predicted octanol–water partition coefficient (Wildman–Crippen LogP) is 4.61. The van der Waals surface area contributed by atoms with E-state index >= 15 is 4.39 Å². The first-order valence-electron chi connectivity index (χ1n) is 15.2. The van der Waals surface area contributed by atoms with Gasteiger partial charge in [0.25, 0.3) is 0 Å². The SMILES string of the molecule is C=C(O[C@H]1/C=C/C(C)[C@@H](/C(C)=C/c2cc(F)c3ncn(CCOC)c3c2)OC(=O)CC(O)CCC1C)N1CCN(C)CC1. The molecule has 0 bridgehead atoms. The van der Waals surface area contributed by atoms with Crippen LogP contribution in [-0.4, -0.2) is 95.7 Å². The van der Waals surface area contributed by atoms with Gasteiger partial charge in [0, 0.05) is 45.8 Å². The van der Waals surface area contributed by atoms with Crippen LogP contribution in [-0.2, 0) is 25.5 Å². The molecule has 1 N–H and O–H groups in total. The molecule has 1 fully saturated rings. The van der Waals surface area contributed by atoms with E-state index in [-0.39, 0.29) is 24.4 Å². The summed E-state index contributed by atoms with van der Waals surface area (Å²) in [6.07, 6.45) is 6.85. The van der Waals surface area contributed by atoms with Crippen molar-refractivity contribution in [3.63, 3.8) is 0 Å². The minimum atomic E-state index is -0.816. The van der Waals surface area contributed by atoms with E-state index in [1.165, 1.54) is 6.07 Å². The highest BCUT2D eigenvalue weighted by molar-refractivity contribution is 5.79. The molecule has 4 rings (SSSR count). The Hall–Kier alpha value is -3.21. The molecule has 9 nitrogen and oxygen atoms in total. The lowest BCUT2D eigenvalue weighted by Crippen LogP contribution is -2.44. The summed E-state index contributed by atoms with van der Waals surface area (Å²) < 4.78 is 34.4. The zero-order valence-electron chi connectivity index (χ0n) is 26.2. The summed E-state index contributed by atoms with van der Waals surface area (Å²) in [5, 5.41) is 10.6. The molecule has 0 saturated carbocycles. The number of hydrogen-bond donors (Lipinski definition) is 1. The van der Waals surface area contributed by atoms with Crippen molar-refractivity contribution >= 4 is 23.1 Å². The number of halogens is 1. The van der Waals surface area contributed by atoms with Gasteiger partial charge in [0.2, 0.25) is 0 Å². The van der Waals surface area contributed by atoms with E-state index in [2.05, 4.69) is 35.3 Å². The van der Waals surface area contributed by atoms with Gasteiger partial charge in [-0.15, -0.1) is 0 Å². The summed E-state index contributed by atoms with van der Waals surface area (Å²) in [6, 6.07) is 3.32. The molecule has 1 saturated heterocycles. The van der Waals surface area contributed by atoms with Crippen LogP contribution in [0.25, 0.3) is 17.1 Å². The molecule has 2 aliphatic heterocycles. The van der Waals surface area contributed by atoms with Crippen molar-refractivity contribution in [2.24, 2.45) is 11.8 Å². The van der Waals surface area contributed by atoms with Gasteiger partial charge >= 0.3 is 5.97 Å². The van der Waals surface area contributed by atoms with E-state index in [0.29, 0.717) is 48.5 Å². The Balaban J connectivity index is 1.59. The van der Waals surface area contributed by atoms with Gasteiger partial charge in [0.05, 0.1) is 31.0 Å². The highest BCUT2D eigenvalue weighted by Gasteiger charge is 2.28. The maximum atomic E-state index is 15.0. The molecule has 1 aromatic heterocycles. The number of rotatable bonds is 8. The van der Waals surface area contributed by atoms with Crippen LogP contribution in [0.2, 0.25) is 0 Å². The van der Waals surface area contributed by atoms with Crippen LogP contribution < -0.4 is 0 Å². The van der Waals surface area contributed by atoms with E-state index in [1.807, 2.05) is 42.7 Å². The number of aliphatic hydroxyl groups excluding tert-OH is 1. The monoisotopic (exact) mass is 598 g/mol. The fourth-order valence-corrected chi connectivity index (χ4v) is 5.67. The average molecular weight is 599 g/mol. The Labute approximate surface area is 254 Å². The van der Waals surface area contributed by atoms with Gasteiger partial charge in [-0.3, -0.25) is 4.79 Å². The highest BCUT2D eigenvalue weighted by Crippen LogP contribution is 2.28. The third-order valence-corrected chi connectivity index (χ3v) is 8.47. The number of carbonyl (C=O) groups excluding carboxylic acids is 1. The van der Waals surface area contributed by atoms with Gasteiger partial charge in [-0.25, -0.2) is 9.37 Å². The van der Waals surface area contributed by atoms with Crippen molar-refractivity contribution in [2.45, 2.75) is 64.9 Å². The highest BCUT2D eigenvalue weighted by atomic mass is 19.1. The van der Waals surface area contributed by atoms with Gasteiger partial charge in [-0.2, -0.15) is 0 Å². The van der Waals surface area contributed by atoms with Crippen LogP contribution in [0, 0.1) is 17.7 Å². The first kappa shape index (κ1) is 32.7. The summed E-state index contributed by atoms with van der Waals surface area (Å²) in [4.78, 5) is 21.6. The van der Waals surface area contributed by atoms with Gasteiger partial charge in [0.15, 0.2) is 11.7 Å². The molecule has 1 aromatic carbocycles. The largest absolute Gasteiger partial charge is 0.472 e. The molecule has 43 heavy (non-hydrogen) atoms. The summed E-state index contributed by atoms with van der Waals surface area (Å²) in [6.45, 7) is 14.8. The second-order valence-electron chi connectivity index (χ2n) is 12.0. The molecule has 0 aliphatic carbocycles. The van der Waals surface area contributed by atoms with Gasteiger partial charge < -0.3 is 33.7 Å². The number of nitrogens with zero attached hydrogens (tertiary/aromatic N) is 4. The first-order chi connectivity index (χ1) is 20.5. The Kier molecular flexibility index (Phi) is 11.4. The number of methoxy groups -OCH3 is 1. The number of esters is 1. The lowest BCUT2D eigenvalue weighted by atomic mass is 9.91. The predicted molar refractivity (Wildman–Crippen MR) is 166 cm³/mol. The van der Waals surface area contributed by atoms with Crippen molar-refractivity contribution in [1.82, 2.24) is 19.4 Å². The molecule has 10 heteroatoms. The molecule has 3 unspecified atom stereocenters. The van der Waals surface area contributed by atoms with Crippen LogP contribution in [0.15, 0.2) is 48.6 Å². The molecule has 0 spiro atoms. The number of aliphatic hydroxyl groups is 1. The topological polar surface area (TPSA) is 89.3 Å². The zero-order chi connectivity index (χ0) is 31.1. The van der Waals surface area contributed by atoms with Crippen molar-refractivity contribution in [1.29, 1.82) is 0 Å². The number of carbonyl (C=O) groups is 1. The molecule has 3 heterocycles. The Bertz CT molecular complexity index is 1320. The lowest BCUT2D eigenvalue weighted by Gasteiger charge is -2.36. The van der Waals surface area contributed by atoms with Crippen LogP contribution in [0.3, 0.4) is 0 Å². The number of benzene rings is 1. The van der Waals surface area contributed by atoms with E-state index in [4.69, 9.17) is 14.2 Å². The normalized spacial score (nSPS) is 27.3. The fraction of sp³-hybridized carbons (Fsp3) is 0.576. The van der Waals surface area contributed by atoms with E-state index in [9.17, 15) is 9.90 Å². The van der Waals surface area contributed by atoms with E-state index < -0.39 is 24.0 Å². The number of imidazole rings is 1. The van der Waals surface area contributed by atoms with Gasteiger partial charge in [0.1, 0.15) is 17.7 Å². The maximum absolute atomic E-state index is 15.0. The van der Waals surface area contributed by atoms with Gasteiger partial charge in [-0.05, 0) is 68.7 Å². The van der Waals surface area contributed by atoms with Crippen molar-refractivity contribution in [3.05, 3.63) is 60.0 Å². The lowest BCUT2D eigenvalue weighted by molar-refractivity contribution is -0.151. The van der Waals surface area contributed by atoms with Crippen molar-refractivity contribution in [3.8, 4) is 0 Å². The smallest absolute Gasteiger partial charge is 0.309 e. The molecule has 0 radical (unpaired) electrons. The maximum Gasteiger partial charge on any atom is 0.309 e. The summed E-state index contributed by atoms with van der Waals surface area (Å²) in [5.74, 6) is -0.363. The zero-order valence-corrected chi connectivity index (χ0v) is 26.2. The summed E-state index contributed by atoms with van der Waals surface area (Å²) in [7, 11) is 3.73. The van der Waals surface area contributed by atoms with Crippen molar-refractivity contribution < 1.29 is 28.5 Å². The molecular formula is C33H47FN4O5. The number of cyclic esters (lactones) is 1. The summed E-state index contributed by atoms with van der Waals surface area (Å²) >= 11 is 0. The molecular weight excluding hydrogens is 551 g/mol. The minimum Gasteiger partial charge on any atom is -0.472 e.